The first-order valence-corrected chi connectivity index (χ1v) is 8.40. The molecule has 1 saturated heterocycles. The van der Waals surface area contributed by atoms with Gasteiger partial charge in [-0.25, -0.2) is 4.99 Å². The summed E-state index contributed by atoms with van der Waals surface area (Å²) >= 11 is 1.60. The highest BCUT2D eigenvalue weighted by molar-refractivity contribution is 8.13. The molecule has 0 aliphatic carbocycles. The van der Waals surface area contributed by atoms with Crippen LogP contribution in [-0.2, 0) is 4.74 Å². The van der Waals surface area contributed by atoms with E-state index in [2.05, 4.69) is 10.3 Å². The Balaban J connectivity index is 1.71. The Morgan fingerprint density at radius 1 is 1.29 bits per heavy atom. The molecule has 1 atom stereocenters. The first kappa shape index (κ1) is 14.6. The molecular formula is C16H20N2O2S. The van der Waals surface area contributed by atoms with Crippen molar-refractivity contribution in [2.24, 2.45) is 4.99 Å². The summed E-state index contributed by atoms with van der Waals surface area (Å²) in [6, 6.07) is 7.56. The van der Waals surface area contributed by atoms with E-state index in [1.807, 2.05) is 31.2 Å². The number of carbonyl (C=O) groups is 1. The number of rotatable bonds is 1. The summed E-state index contributed by atoms with van der Waals surface area (Å²) in [5, 5.41) is 3.61. The van der Waals surface area contributed by atoms with Crippen molar-refractivity contribution in [3.05, 3.63) is 35.4 Å². The normalized spacial score (nSPS) is 25.5. The first-order chi connectivity index (χ1) is 10.2. The molecule has 1 aromatic carbocycles. The second-order valence-corrected chi connectivity index (χ2v) is 6.67. The molecule has 1 unspecified atom stereocenters. The Bertz CT molecular complexity index is 548. The van der Waals surface area contributed by atoms with E-state index in [1.54, 1.807) is 11.8 Å². The summed E-state index contributed by atoms with van der Waals surface area (Å²) in [4.78, 5) is 16.9. The minimum Gasteiger partial charge on any atom is -0.354 e. The topological polar surface area (TPSA) is 50.7 Å². The van der Waals surface area contributed by atoms with Crippen LogP contribution in [-0.4, -0.2) is 29.2 Å². The summed E-state index contributed by atoms with van der Waals surface area (Å²) < 4.78 is 5.89. The predicted octanol–water partition coefficient (Wildman–Crippen LogP) is 3.11. The van der Waals surface area contributed by atoms with Crippen LogP contribution < -0.4 is 5.32 Å². The largest absolute Gasteiger partial charge is 0.354 e. The number of amidine groups is 1. The number of hydrogen-bond acceptors (Lipinski definition) is 4. The standard InChI is InChI=1S/C16H20N2O2S/c1-12-4-6-13(7-5-12)14(19)17-15-18-16(9-11-21-15)8-2-3-10-20-16/h4-7H,2-3,8-11H2,1H3,(H,17,18,19). The zero-order chi connectivity index (χ0) is 14.7. The molecule has 0 radical (unpaired) electrons. The SMILES string of the molecule is Cc1ccc(C(=O)NC2=NC3(CCCCO3)CCS2)cc1. The van der Waals surface area contributed by atoms with Crippen LogP contribution in [0.4, 0.5) is 0 Å². The van der Waals surface area contributed by atoms with Crippen molar-refractivity contribution in [2.45, 2.75) is 38.3 Å². The first-order valence-electron chi connectivity index (χ1n) is 7.42. The second kappa shape index (κ2) is 6.20. The fourth-order valence-corrected chi connectivity index (χ4v) is 3.65. The number of thioether (sulfide) groups is 1. The van der Waals surface area contributed by atoms with Crippen LogP contribution in [0, 0.1) is 6.92 Å². The van der Waals surface area contributed by atoms with Gasteiger partial charge in [-0.3, -0.25) is 4.79 Å². The lowest BCUT2D eigenvalue weighted by Gasteiger charge is -2.36. The van der Waals surface area contributed by atoms with Crippen LogP contribution in [0.3, 0.4) is 0 Å². The van der Waals surface area contributed by atoms with Gasteiger partial charge in [0.1, 0.15) is 0 Å². The number of hydrogen-bond donors (Lipinski definition) is 1. The van der Waals surface area contributed by atoms with Gasteiger partial charge in [-0.05, 0) is 38.3 Å². The van der Waals surface area contributed by atoms with Crippen LogP contribution in [0.1, 0.15) is 41.6 Å². The lowest BCUT2D eigenvalue weighted by atomic mass is 10.0. The van der Waals surface area contributed by atoms with Crippen molar-refractivity contribution in [3.8, 4) is 0 Å². The Kier molecular flexibility index (Phi) is 4.31. The molecule has 1 amide bonds. The van der Waals surface area contributed by atoms with Gasteiger partial charge >= 0.3 is 0 Å². The summed E-state index contributed by atoms with van der Waals surface area (Å²) in [7, 11) is 0. The van der Waals surface area contributed by atoms with E-state index < -0.39 is 0 Å². The number of aryl methyl sites for hydroxylation is 1. The van der Waals surface area contributed by atoms with Gasteiger partial charge in [-0.1, -0.05) is 29.5 Å². The van der Waals surface area contributed by atoms with Gasteiger partial charge in [0.2, 0.25) is 0 Å². The van der Waals surface area contributed by atoms with Crippen LogP contribution in [0.2, 0.25) is 0 Å². The molecule has 5 heteroatoms. The molecule has 0 bridgehead atoms. The summed E-state index contributed by atoms with van der Waals surface area (Å²) in [6.45, 7) is 2.78. The van der Waals surface area contributed by atoms with Crippen molar-refractivity contribution >= 4 is 22.8 Å². The number of ether oxygens (including phenoxy) is 1. The van der Waals surface area contributed by atoms with Crippen LogP contribution >= 0.6 is 11.8 Å². The van der Waals surface area contributed by atoms with Gasteiger partial charge in [0, 0.05) is 24.3 Å². The van der Waals surface area contributed by atoms with E-state index >= 15 is 0 Å². The molecule has 1 N–H and O–H groups in total. The quantitative estimate of drug-likeness (QED) is 0.867. The van der Waals surface area contributed by atoms with Crippen molar-refractivity contribution in [1.29, 1.82) is 0 Å². The zero-order valence-electron chi connectivity index (χ0n) is 12.2. The number of aliphatic imine (C=N–C) groups is 1. The van der Waals surface area contributed by atoms with E-state index in [0.29, 0.717) is 10.7 Å². The maximum atomic E-state index is 12.2. The third-order valence-electron chi connectivity index (χ3n) is 3.90. The van der Waals surface area contributed by atoms with E-state index in [1.165, 1.54) is 0 Å². The van der Waals surface area contributed by atoms with Crippen molar-refractivity contribution < 1.29 is 9.53 Å². The van der Waals surface area contributed by atoms with Gasteiger partial charge in [0.05, 0.1) is 0 Å². The number of carbonyl (C=O) groups excluding carboxylic acids is 1. The molecule has 2 aliphatic rings. The third kappa shape index (κ3) is 3.47. The van der Waals surface area contributed by atoms with Crippen molar-refractivity contribution in [3.63, 3.8) is 0 Å². The third-order valence-corrected chi connectivity index (χ3v) is 4.78. The minimum atomic E-state index is -0.389. The number of nitrogens with zero attached hydrogens (tertiary/aromatic N) is 1. The van der Waals surface area contributed by atoms with E-state index in [4.69, 9.17) is 4.74 Å². The molecule has 2 aliphatic heterocycles. The number of amides is 1. The van der Waals surface area contributed by atoms with Gasteiger partial charge < -0.3 is 10.1 Å². The highest BCUT2D eigenvalue weighted by Gasteiger charge is 2.36. The van der Waals surface area contributed by atoms with Crippen LogP contribution in [0.25, 0.3) is 0 Å². The fourth-order valence-electron chi connectivity index (χ4n) is 2.64. The molecule has 2 heterocycles. The molecule has 4 nitrogen and oxygen atoms in total. The Morgan fingerprint density at radius 2 is 2.10 bits per heavy atom. The van der Waals surface area contributed by atoms with Gasteiger partial charge in [0.25, 0.3) is 5.91 Å². The van der Waals surface area contributed by atoms with Gasteiger partial charge in [-0.2, -0.15) is 0 Å². The van der Waals surface area contributed by atoms with Gasteiger partial charge in [-0.15, -0.1) is 0 Å². The van der Waals surface area contributed by atoms with E-state index in [-0.39, 0.29) is 11.6 Å². The van der Waals surface area contributed by atoms with Crippen LogP contribution in [0.15, 0.2) is 29.3 Å². The van der Waals surface area contributed by atoms with Crippen molar-refractivity contribution in [2.75, 3.05) is 12.4 Å². The minimum absolute atomic E-state index is 0.103. The maximum Gasteiger partial charge on any atom is 0.257 e. The lowest BCUT2D eigenvalue weighted by Crippen LogP contribution is -2.41. The number of benzene rings is 1. The molecule has 1 fully saturated rings. The molecule has 0 aromatic heterocycles. The Labute approximate surface area is 129 Å². The second-order valence-electron chi connectivity index (χ2n) is 5.59. The zero-order valence-corrected chi connectivity index (χ0v) is 13.0. The Morgan fingerprint density at radius 3 is 2.81 bits per heavy atom. The highest BCUT2D eigenvalue weighted by Crippen LogP contribution is 2.35. The van der Waals surface area contributed by atoms with E-state index in [9.17, 15) is 4.79 Å². The highest BCUT2D eigenvalue weighted by atomic mass is 32.2. The van der Waals surface area contributed by atoms with Gasteiger partial charge in [0.15, 0.2) is 10.9 Å². The maximum absolute atomic E-state index is 12.2. The average molecular weight is 304 g/mol. The summed E-state index contributed by atoms with van der Waals surface area (Å²) in [5.74, 6) is 0.835. The lowest BCUT2D eigenvalue weighted by molar-refractivity contribution is -0.0738. The van der Waals surface area contributed by atoms with Crippen LogP contribution in [0.5, 0.6) is 0 Å². The number of nitrogens with one attached hydrogen (secondary N) is 1. The smallest absolute Gasteiger partial charge is 0.257 e. The molecule has 0 saturated carbocycles. The monoisotopic (exact) mass is 304 g/mol. The molecule has 21 heavy (non-hydrogen) atoms. The molecular weight excluding hydrogens is 284 g/mol. The predicted molar refractivity (Wildman–Crippen MR) is 85.7 cm³/mol. The van der Waals surface area contributed by atoms with E-state index in [0.717, 1.165) is 43.6 Å². The molecule has 1 spiro atoms. The molecule has 3 rings (SSSR count). The molecule has 1 aromatic rings. The summed E-state index contributed by atoms with van der Waals surface area (Å²) in [6.07, 6.45) is 4.14. The molecule has 112 valence electrons. The fraction of sp³-hybridized carbons (Fsp3) is 0.500. The summed E-state index contributed by atoms with van der Waals surface area (Å²) in [5.41, 5.74) is 1.41. The average Bonchev–Trinajstić information content (AvgIpc) is 2.49. The van der Waals surface area contributed by atoms with Crippen molar-refractivity contribution in [1.82, 2.24) is 5.32 Å². The Hall–Kier alpha value is -1.33.